The summed E-state index contributed by atoms with van der Waals surface area (Å²) in [6.07, 6.45) is 0.0147. The number of para-hydroxylation sites is 2. The normalized spacial score (nSPS) is 10.6. The van der Waals surface area contributed by atoms with Gasteiger partial charge < -0.3 is 20.7 Å². The minimum Gasteiger partial charge on any atom is -0.489 e. The third-order valence-electron chi connectivity index (χ3n) is 3.52. The molecule has 0 unspecified atom stereocenters. The summed E-state index contributed by atoms with van der Waals surface area (Å²) >= 11 is 0. The summed E-state index contributed by atoms with van der Waals surface area (Å²) in [7, 11) is 0. The van der Waals surface area contributed by atoms with Crippen molar-refractivity contribution in [1.29, 1.82) is 0 Å². The van der Waals surface area contributed by atoms with Gasteiger partial charge >= 0.3 is 0 Å². The van der Waals surface area contributed by atoms with Gasteiger partial charge in [0.05, 0.1) is 18.3 Å². The van der Waals surface area contributed by atoms with Crippen LogP contribution in [-0.2, 0) is 4.79 Å². The molecule has 144 valence electrons. The van der Waals surface area contributed by atoms with Gasteiger partial charge in [0.2, 0.25) is 5.91 Å². The second kappa shape index (κ2) is 9.62. The monoisotopic (exact) mass is 369 g/mol. The third kappa shape index (κ3) is 6.66. The molecule has 0 atom stereocenters. The number of ether oxygens (including phenoxy) is 1. The largest absolute Gasteiger partial charge is 0.489 e. The van der Waals surface area contributed by atoms with Gasteiger partial charge in [-0.05, 0) is 58.0 Å². The summed E-state index contributed by atoms with van der Waals surface area (Å²) in [5, 5.41) is 8.73. The Morgan fingerprint density at radius 2 is 1.74 bits per heavy atom. The standard InChI is InChI=1S/C21H27N3O3/c1-14(2)23-21(26)16-8-7-9-17(12-16)22-13-20(25)24-18-10-5-6-11-19(18)27-15(3)4/h5-12,14-15,22H,13H2,1-4H3,(H,23,26)(H,24,25). The van der Waals surface area contributed by atoms with Crippen molar-refractivity contribution in [3.8, 4) is 5.75 Å². The van der Waals surface area contributed by atoms with Crippen molar-refractivity contribution in [1.82, 2.24) is 5.32 Å². The van der Waals surface area contributed by atoms with E-state index in [0.717, 1.165) is 0 Å². The highest BCUT2D eigenvalue weighted by Gasteiger charge is 2.10. The zero-order valence-corrected chi connectivity index (χ0v) is 16.2. The highest BCUT2D eigenvalue weighted by molar-refractivity contribution is 5.96. The fraction of sp³-hybridized carbons (Fsp3) is 0.333. The molecule has 0 fully saturated rings. The van der Waals surface area contributed by atoms with Crippen molar-refractivity contribution in [2.45, 2.75) is 39.8 Å². The topological polar surface area (TPSA) is 79.5 Å². The fourth-order valence-electron chi connectivity index (χ4n) is 2.42. The molecular formula is C21H27N3O3. The molecule has 0 radical (unpaired) electrons. The van der Waals surface area contributed by atoms with E-state index in [2.05, 4.69) is 16.0 Å². The number of hydrogen-bond donors (Lipinski definition) is 3. The average molecular weight is 369 g/mol. The number of rotatable bonds is 8. The van der Waals surface area contributed by atoms with E-state index in [1.807, 2.05) is 52.0 Å². The zero-order chi connectivity index (χ0) is 19.8. The first-order chi connectivity index (χ1) is 12.8. The lowest BCUT2D eigenvalue weighted by atomic mass is 10.1. The second-order valence-electron chi connectivity index (χ2n) is 6.77. The first kappa shape index (κ1) is 20.3. The van der Waals surface area contributed by atoms with Crippen LogP contribution >= 0.6 is 0 Å². The molecule has 0 aliphatic heterocycles. The van der Waals surface area contributed by atoms with Gasteiger partial charge in [0.25, 0.3) is 5.91 Å². The predicted octanol–water partition coefficient (Wildman–Crippen LogP) is 3.66. The van der Waals surface area contributed by atoms with E-state index in [4.69, 9.17) is 4.74 Å². The van der Waals surface area contributed by atoms with Crippen LogP contribution in [0, 0.1) is 0 Å². The number of benzene rings is 2. The molecule has 6 heteroatoms. The number of anilines is 2. The predicted molar refractivity (Wildman–Crippen MR) is 108 cm³/mol. The quantitative estimate of drug-likeness (QED) is 0.663. The molecule has 0 spiro atoms. The van der Waals surface area contributed by atoms with Crippen LogP contribution in [0.3, 0.4) is 0 Å². The zero-order valence-electron chi connectivity index (χ0n) is 16.2. The molecule has 2 aromatic carbocycles. The van der Waals surface area contributed by atoms with Gasteiger partial charge in [0, 0.05) is 17.3 Å². The van der Waals surface area contributed by atoms with Crippen LogP contribution in [0.25, 0.3) is 0 Å². The second-order valence-corrected chi connectivity index (χ2v) is 6.77. The van der Waals surface area contributed by atoms with Crippen molar-refractivity contribution in [2.75, 3.05) is 17.2 Å². The summed E-state index contributed by atoms with van der Waals surface area (Å²) in [6, 6.07) is 14.4. The van der Waals surface area contributed by atoms with Gasteiger partial charge in [-0.2, -0.15) is 0 Å². The number of amides is 2. The Morgan fingerprint density at radius 1 is 1.00 bits per heavy atom. The van der Waals surface area contributed by atoms with Crippen LogP contribution in [0.4, 0.5) is 11.4 Å². The molecule has 0 saturated heterocycles. The average Bonchev–Trinajstić information content (AvgIpc) is 2.61. The Balaban J connectivity index is 1.96. The van der Waals surface area contributed by atoms with Crippen molar-refractivity contribution >= 4 is 23.2 Å². The first-order valence-corrected chi connectivity index (χ1v) is 9.05. The summed E-state index contributed by atoms with van der Waals surface area (Å²) in [5.41, 5.74) is 1.88. The highest BCUT2D eigenvalue weighted by atomic mass is 16.5. The summed E-state index contributed by atoms with van der Waals surface area (Å²) in [4.78, 5) is 24.4. The lowest BCUT2D eigenvalue weighted by molar-refractivity contribution is -0.114. The van der Waals surface area contributed by atoms with Crippen LogP contribution in [0.1, 0.15) is 38.1 Å². The molecule has 0 bridgehead atoms. The Morgan fingerprint density at radius 3 is 2.44 bits per heavy atom. The maximum atomic E-state index is 12.3. The van der Waals surface area contributed by atoms with Gasteiger partial charge in [-0.1, -0.05) is 18.2 Å². The van der Waals surface area contributed by atoms with E-state index in [1.165, 1.54) is 0 Å². The summed E-state index contributed by atoms with van der Waals surface area (Å²) < 4.78 is 5.70. The van der Waals surface area contributed by atoms with E-state index in [-0.39, 0.29) is 30.5 Å². The minimum atomic E-state index is -0.202. The van der Waals surface area contributed by atoms with Gasteiger partial charge in [-0.15, -0.1) is 0 Å². The molecule has 27 heavy (non-hydrogen) atoms. The van der Waals surface area contributed by atoms with Crippen molar-refractivity contribution in [3.05, 3.63) is 54.1 Å². The molecule has 0 aliphatic carbocycles. The molecular weight excluding hydrogens is 342 g/mol. The Kier molecular flexibility index (Phi) is 7.23. The van der Waals surface area contributed by atoms with Crippen LogP contribution in [0.2, 0.25) is 0 Å². The summed E-state index contributed by atoms with van der Waals surface area (Å²) in [6.45, 7) is 7.76. The maximum absolute atomic E-state index is 12.3. The summed E-state index contributed by atoms with van der Waals surface area (Å²) in [5.74, 6) is 0.290. The van der Waals surface area contributed by atoms with Crippen molar-refractivity contribution in [2.24, 2.45) is 0 Å². The number of nitrogens with one attached hydrogen (secondary N) is 3. The van der Waals surface area contributed by atoms with Gasteiger partial charge in [0.15, 0.2) is 0 Å². The maximum Gasteiger partial charge on any atom is 0.251 e. The van der Waals surface area contributed by atoms with Crippen LogP contribution in [0.5, 0.6) is 5.75 Å². The van der Waals surface area contributed by atoms with Crippen LogP contribution < -0.4 is 20.7 Å². The van der Waals surface area contributed by atoms with E-state index in [9.17, 15) is 9.59 Å². The van der Waals surface area contributed by atoms with Crippen LogP contribution in [0.15, 0.2) is 48.5 Å². The minimum absolute atomic E-state index is 0.0147. The molecule has 0 aromatic heterocycles. The van der Waals surface area contributed by atoms with Gasteiger partial charge in [-0.3, -0.25) is 9.59 Å². The molecule has 2 rings (SSSR count). The number of carbonyl (C=O) groups excluding carboxylic acids is 2. The molecule has 0 saturated carbocycles. The van der Waals surface area contributed by atoms with Crippen LogP contribution in [-0.4, -0.2) is 30.5 Å². The first-order valence-electron chi connectivity index (χ1n) is 9.05. The lowest BCUT2D eigenvalue weighted by Crippen LogP contribution is -2.30. The Labute approximate surface area is 160 Å². The van der Waals surface area contributed by atoms with Gasteiger partial charge in [0.1, 0.15) is 5.75 Å². The Hall–Kier alpha value is -3.02. The third-order valence-corrected chi connectivity index (χ3v) is 3.52. The van der Waals surface area contributed by atoms with Gasteiger partial charge in [-0.25, -0.2) is 0 Å². The lowest BCUT2D eigenvalue weighted by Gasteiger charge is -2.15. The van der Waals surface area contributed by atoms with E-state index < -0.39 is 0 Å². The number of carbonyl (C=O) groups is 2. The molecule has 0 heterocycles. The van der Waals surface area contributed by atoms with E-state index in [0.29, 0.717) is 22.7 Å². The van der Waals surface area contributed by atoms with E-state index >= 15 is 0 Å². The van der Waals surface area contributed by atoms with E-state index in [1.54, 1.807) is 24.3 Å². The number of hydrogen-bond acceptors (Lipinski definition) is 4. The SMILES string of the molecule is CC(C)NC(=O)c1cccc(NCC(=O)Nc2ccccc2OC(C)C)c1. The van der Waals surface area contributed by atoms with Crippen molar-refractivity contribution < 1.29 is 14.3 Å². The molecule has 3 N–H and O–H groups in total. The van der Waals surface area contributed by atoms with Crippen molar-refractivity contribution in [3.63, 3.8) is 0 Å². The molecule has 0 aliphatic rings. The highest BCUT2D eigenvalue weighted by Crippen LogP contribution is 2.24. The molecule has 2 amide bonds. The molecule has 6 nitrogen and oxygen atoms in total. The molecule has 2 aromatic rings. The fourth-order valence-corrected chi connectivity index (χ4v) is 2.42. The smallest absolute Gasteiger partial charge is 0.251 e. The Bertz CT molecular complexity index is 788.